The number of ether oxygens (including phenoxy) is 2. The average molecular weight is 384 g/mol. The van der Waals surface area contributed by atoms with Gasteiger partial charge in [-0.05, 0) is 36.4 Å². The van der Waals surface area contributed by atoms with Gasteiger partial charge in [-0.2, -0.15) is 0 Å². The monoisotopic (exact) mass is 384 g/mol. The zero-order chi connectivity index (χ0) is 20.4. The second kappa shape index (κ2) is 10.5. The number of aliphatic hydroxyl groups is 1. The van der Waals surface area contributed by atoms with Gasteiger partial charge in [-0.3, -0.25) is 9.59 Å². The van der Waals surface area contributed by atoms with E-state index in [4.69, 9.17) is 9.47 Å². The first-order chi connectivity index (χ1) is 13.5. The van der Waals surface area contributed by atoms with Crippen LogP contribution in [0.15, 0.2) is 67.3 Å². The minimum atomic E-state index is -0.995. The van der Waals surface area contributed by atoms with Gasteiger partial charge in [0, 0.05) is 17.5 Å². The maximum Gasteiger partial charge on any atom is 0.330 e. The first-order valence-electron chi connectivity index (χ1n) is 8.35. The highest BCUT2D eigenvalue weighted by Gasteiger charge is 2.14. The molecule has 28 heavy (non-hydrogen) atoms. The molecule has 1 atom stereocenters. The lowest BCUT2D eigenvalue weighted by molar-refractivity contribution is -0.141. The van der Waals surface area contributed by atoms with Crippen LogP contribution in [0.5, 0.6) is 5.75 Å². The molecule has 0 aliphatic heterocycles. The molecule has 0 saturated heterocycles. The Kier molecular flexibility index (Phi) is 7.74. The highest BCUT2D eigenvalue weighted by atomic mass is 16.5. The van der Waals surface area contributed by atoms with Crippen molar-refractivity contribution in [2.45, 2.75) is 6.10 Å². The van der Waals surface area contributed by atoms with E-state index in [-0.39, 0.29) is 13.2 Å². The number of nitrogens with one attached hydrogen (secondary N) is 2. The Hall–Kier alpha value is -3.65. The summed E-state index contributed by atoms with van der Waals surface area (Å²) in [5.41, 5.74) is 0.921. The summed E-state index contributed by atoms with van der Waals surface area (Å²) < 4.78 is 10.1. The van der Waals surface area contributed by atoms with Gasteiger partial charge in [-0.1, -0.05) is 24.8 Å². The lowest BCUT2D eigenvalue weighted by Gasteiger charge is -2.12. The van der Waals surface area contributed by atoms with Gasteiger partial charge < -0.3 is 25.2 Å². The Morgan fingerprint density at radius 3 is 2.07 bits per heavy atom. The smallest absolute Gasteiger partial charge is 0.330 e. The quantitative estimate of drug-likeness (QED) is 0.363. The van der Waals surface area contributed by atoms with E-state index in [1.165, 1.54) is 0 Å². The largest absolute Gasteiger partial charge is 0.491 e. The molecule has 0 aliphatic rings. The molecule has 0 saturated carbocycles. The predicted octanol–water partition coefficient (Wildman–Crippen LogP) is 1.73. The average Bonchev–Trinajstić information content (AvgIpc) is 2.72. The minimum absolute atomic E-state index is 0.0877. The van der Waals surface area contributed by atoms with Crippen molar-refractivity contribution in [3.05, 3.63) is 67.3 Å². The summed E-state index contributed by atoms with van der Waals surface area (Å²) in [6.45, 7) is 2.95. The third-order valence-electron chi connectivity index (χ3n) is 3.38. The molecule has 2 amide bonds. The molecule has 3 N–H and O–H groups in total. The van der Waals surface area contributed by atoms with Gasteiger partial charge in [0.2, 0.25) is 0 Å². The number of carbonyl (C=O) groups is 3. The molecule has 0 bridgehead atoms. The summed E-state index contributed by atoms with van der Waals surface area (Å²) in [5, 5.41) is 14.6. The van der Waals surface area contributed by atoms with E-state index in [9.17, 15) is 19.5 Å². The topological polar surface area (TPSA) is 114 Å². The van der Waals surface area contributed by atoms with Gasteiger partial charge in [0.15, 0.2) is 0 Å². The van der Waals surface area contributed by atoms with E-state index in [1.54, 1.807) is 54.6 Å². The molecule has 0 aliphatic carbocycles. The summed E-state index contributed by atoms with van der Waals surface area (Å²) >= 11 is 0. The van der Waals surface area contributed by atoms with Gasteiger partial charge in [0.1, 0.15) is 25.1 Å². The number of esters is 1. The van der Waals surface area contributed by atoms with Crippen molar-refractivity contribution in [1.82, 2.24) is 0 Å². The SMILES string of the molecule is C=CC(=O)OCC(O)COc1ccc(NC(=O)C(=O)Nc2ccccc2)cc1. The molecule has 0 radical (unpaired) electrons. The van der Waals surface area contributed by atoms with E-state index in [0.29, 0.717) is 17.1 Å². The third kappa shape index (κ3) is 6.93. The summed E-state index contributed by atoms with van der Waals surface area (Å²) in [5.74, 6) is -1.79. The van der Waals surface area contributed by atoms with Crippen molar-refractivity contribution in [3.63, 3.8) is 0 Å². The van der Waals surface area contributed by atoms with Crippen LogP contribution in [0.1, 0.15) is 0 Å². The van der Waals surface area contributed by atoms with Crippen molar-refractivity contribution < 1.29 is 29.0 Å². The molecule has 0 fully saturated rings. The summed E-state index contributed by atoms with van der Waals surface area (Å²) in [7, 11) is 0. The van der Waals surface area contributed by atoms with Crippen molar-refractivity contribution in [3.8, 4) is 5.75 Å². The van der Waals surface area contributed by atoms with Gasteiger partial charge in [-0.25, -0.2) is 4.79 Å². The van der Waals surface area contributed by atoms with Gasteiger partial charge in [0.25, 0.3) is 0 Å². The van der Waals surface area contributed by atoms with Gasteiger partial charge >= 0.3 is 17.8 Å². The summed E-state index contributed by atoms with van der Waals surface area (Å²) in [6.07, 6.45) is 0.00530. The van der Waals surface area contributed by atoms with Crippen LogP contribution in [0.4, 0.5) is 11.4 Å². The highest BCUT2D eigenvalue weighted by Crippen LogP contribution is 2.16. The zero-order valence-corrected chi connectivity index (χ0v) is 15.0. The molecule has 1 unspecified atom stereocenters. The number of amides is 2. The second-order valence-corrected chi connectivity index (χ2v) is 5.60. The molecule has 8 nitrogen and oxygen atoms in total. The fourth-order valence-corrected chi connectivity index (χ4v) is 2.01. The number of carbonyl (C=O) groups excluding carboxylic acids is 3. The van der Waals surface area contributed by atoms with Crippen LogP contribution in [0.3, 0.4) is 0 Å². The molecule has 0 spiro atoms. The number of rotatable bonds is 8. The van der Waals surface area contributed by atoms with Crippen LogP contribution in [0.2, 0.25) is 0 Å². The van der Waals surface area contributed by atoms with Crippen LogP contribution in [0.25, 0.3) is 0 Å². The van der Waals surface area contributed by atoms with Gasteiger partial charge in [-0.15, -0.1) is 0 Å². The van der Waals surface area contributed by atoms with Crippen molar-refractivity contribution in [2.75, 3.05) is 23.8 Å². The van der Waals surface area contributed by atoms with Crippen LogP contribution in [-0.4, -0.2) is 42.2 Å². The molecule has 146 valence electrons. The molecule has 0 heterocycles. The zero-order valence-electron chi connectivity index (χ0n) is 15.0. The van der Waals surface area contributed by atoms with E-state index in [0.717, 1.165) is 6.08 Å². The fourth-order valence-electron chi connectivity index (χ4n) is 2.01. The first kappa shape index (κ1) is 20.7. The van der Waals surface area contributed by atoms with Crippen LogP contribution in [0, 0.1) is 0 Å². The first-order valence-corrected chi connectivity index (χ1v) is 8.35. The van der Waals surface area contributed by atoms with Crippen LogP contribution in [-0.2, 0) is 19.1 Å². The van der Waals surface area contributed by atoms with Crippen LogP contribution < -0.4 is 15.4 Å². The Balaban J connectivity index is 1.78. The highest BCUT2D eigenvalue weighted by molar-refractivity contribution is 6.43. The second-order valence-electron chi connectivity index (χ2n) is 5.60. The Bertz CT molecular complexity index is 820. The number of aliphatic hydroxyl groups excluding tert-OH is 1. The lowest BCUT2D eigenvalue weighted by atomic mass is 10.3. The van der Waals surface area contributed by atoms with Crippen LogP contribution >= 0.6 is 0 Å². The predicted molar refractivity (Wildman–Crippen MR) is 103 cm³/mol. The van der Waals surface area contributed by atoms with E-state index < -0.39 is 23.9 Å². The van der Waals surface area contributed by atoms with Crippen molar-refractivity contribution in [2.24, 2.45) is 0 Å². The van der Waals surface area contributed by atoms with Crippen molar-refractivity contribution in [1.29, 1.82) is 0 Å². The number of para-hydroxylation sites is 1. The maximum absolute atomic E-state index is 11.9. The standard InChI is InChI=1S/C20H20N2O6/c1-2-18(24)28-13-16(23)12-27-17-10-8-15(9-11-17)22-20(26)19(25)21-14-6-4-3-5-7-14/h2-11,16,23H,1,12-13H2,(H,21,25)(H,22,26). The van der Waals surface area contributed by atoms with Crippen molar-refractivity contribution >= 4 is 29.2 Å². The van der Waals surface area contributed by atoms with Gasteiger partial charge in [0.05, 0.1) is 0 Å². The Morgan fingerprint density at radius 2 is 1.50 bits per heavy atom. The third-order valence-corrected chi connectivity index (χ3v) is 3.38. The molecule has 2 aromatic carbocycles. The molecule has 8 heteroatoms. The Morgan fingerprint density at radius 1 is 0.929 bits per heavy atom. The number of hydrogen-bond donors (Lipinski definition) is 3. The van der Waals surface area contributed by atoms with E-state index in [2.05, 4.69) is 17.2 Å². The molecular weight excluding hydrogens is 364 g/mol. The minimum Gasteiger partial charge on any atom is -0.491 e. The number of benzene rings is 2. The van der Waals surface area contributed by atoms with E-state index >= 15 is 0 Å². The molecular formula is C20H20N2O6. The Labute approximate surface area is 161 Å². The molecule has 2 rings (SSSR count). The lowest BCUT2D eigenvalue weighted by Crippen LogP contribution is -2.29. The summed E-state index contributed by atoms with van der Waals surface area (Å²) in [4.78, 5) is 34.7. The maximum atomic E-state index is 11.9. The molecule has 0 aromatic heterocycles. The molecule has 2 aromatic rings. The number of anilines is 2. The van der Waals surface area contributed by atoms with E-state index in [1.807, 2.05) is 0 Å². The fraction of sp³-hybridized carbons (Fsp3) is 0.150. The number of hydrogen-bond acceptors (Lipinski definition) is 6. The normalized spacial score (nSPS) is 11.0. The summed E-state index contributed by atoms with van der Waals surface area (Å²) in [6, 6.07) is 14.8.